The average Bonchev–Trinajstić information content (AvgIpc) is 2.98. The summed E-state index contributed by atoms with van der Waals surface area (Å²) in [6.07, 6.45) is 1.22. The molecule has 44 heavy (non-hydrogen) atoms. The molecular formula is C30H34ClN5O8. The van der Waals surface area contributed by atoms with E-state index in [0.29, 0.717) is 41.3 Å². The SMILES string of the molecule is CN(C(=O)O)c1ccc(C(=O)N[C@@H](CCNC(=O)OC2CCC2)C(=O)N2CCC[C@@]3(C2)OC(=O)Nc2ccc(Cl)cc23)cc1. The van der Waals surface area contributed by atoms with Crippen LogP contribution in [0.3, 0.4) is 0 Å². The maximum Gasteiger partial charge on any atom is 0.412 e. The molecule has 1 aliphatic carbocycles. The van der Waals surface area contributed by atoms with Gasteiger partial charge in [0.05, 0.1) is 12.2 Å². The zero-order valence-corrected chi connectivity index (χ0v) is 24.9. The third kappa shape index (κ3) is 6.83. The monoisotopic (exact) mass is 627 g/mol. The van der Waals surface area contributed by atoms with Crippen LogP contribution in [0.1, 0.15) is 54.4 Å². The van der Waals surface area contributed by atoms with E-state index in [4.69, 9.17) is 21.1 Å². The molecule has 4 N–H and O–H groups in total. The van der Waals surface area contributed by atoms with Crippen molar-refractivity contribution in [3.63, 3.8) is 0 Å². The van der Waals surface area contributed by atoms with Crippen LogP contribution in [-0.2, 0) is 19.9 Å². The number of carboxylic acid groups (broad SMARTS) is 1. The topological polar surface area (TPSA) is 167 Å². The number of amides is 5. The van der Waals surface area contributed by atoms with E-state index in [0.717, 1.165) is 24.2 Å². The molecule has 14 heteroatoms. The maximum absolute atomic E-state index is 14.0. The van der Waals surface area contributed by atoms with Crippen LogP contribution in [0.4, 0.5) is 25.8 Å². The normalized spacial score (nSPS) is 19.9. The van der Waals surface area contributed by atoms with Gasteiger partial charge in [-0.05, 0) is 81.0 Å². The molecule has 2 aliphatic heterocycles. The molecule has 2 aromatic rings. The smallest absolute Gasteiger partial charge is 0.412 e. The number of nitrogens with one attached hydrogen (secondary N) is 3. The Hall–Kier alpha value is -4.52. The van der Waals surface area contributed by atoms with Gasteiger partial charge in [0.15, 0.2) is 5.60 Å². The average molecular weight is 628 g/mol. The number of fused-ring (bicyclic) bond motifs is 2. The molecule has 2 atom stereocenters. The van der Waals surface area contributed by atoms with Crippen molar-refractivity contribution in [1.82, 2.24) is 15.5 Å². The summed E-state index contributed by atoms with van der Waals surface area (Å²) >= 11 is 6.28. The Bertz CT molecular complexity index is 1450. The second-order valence-electron chi connectivity index (χ2n) is 11.2. The van der Waals surface area contributed by atoms with E-state index in [2.05, 4.69) is 16.0 Å². The molecule has 2 heterocycles. The lowest BCUT2D eigenvalue weighted by atomic mass is 9.83. The van der Waals surface area contributed by atoms with Crippen molar-refractivity contribution in [3.8, 4) is 0 Å². The fraction of sp³-hybridized carbons (Fsp3) is 0.433. The fourth-order valence-electron chi connectivity index (χ4n) is 5.55. The molecule has 0 aromatic heterocycles. The minimum Gasteiger partial charge on any atom is -0.465 e. The standard InChI is InChI=1S/C30H34ClN5O8/c1-35(29(41)42)20-9-6-18(7-10-20)25(37)33-24(12-14-32-27(39)43-21-4-2-5-21)26(38)36-15-3-13-30(17-36)22-16-19(31)8-11-23(22)34-28(40)44-30/h6-11,16,21,24H,2-5,12-15,17H2,1H3,(H,32,39)(H,33,37)(H,34,40)(H,41,42)/t24-,30-/m0/s1. The highest BCUT2D eigenvalue weighted by molar-refractivity contribution is 6.30. The summed E-state index contributed by atoms with van der Waals surface area (Å²) in [5, 5.41) is 17.8. The summed E-state index contributed by atoms with van der Waals surface area (Å²) in [6, 6.07) is 9.92. The quantitative estimate of drug-likeness (QED) is 0.336. The molecule has 1 spiro atoms. The number of anilines is 2. The Morgan fingerprint density at radius 3 is 2.61 bits per heavy atom. The van der Waals surface area contributed by atoms with Crippen molar-refractivity contribution in [2.24, 2.45) is 0 Å². The predicted octanol–water partition coefficient (Wildman–Crippen LogP) is 4.30. The molecule has 13 nitrogen and oxygen atoms in total. The van der Waals surface area contributed by atoms with Crippen molar-refractivity contribution < 1.29 is 38.6 Å². The third-order valence-electron chi connectivity index (χ3n) is 8.20. The second-order valence-corrected chi connectivity index (χ2v) is 11.6. The van der Waals surface area contributed by atoms with Crippen LogP contribution in [0.2, 0.25) is 5.02 Å². The number of alkyl carbamates (subject to hydrolysis) is 1. The molecule has 3 aliphatic rings. The van der Waals surface area contributed by atoms with Crippen LogP contribution in [0.15, 0.2) is 42.5 Å². The number of hydrogen-bond donors (Lipinski definition) is 4. The van der Waals surface area contributed by atoms with Crippen LogP contribution >= 0.6 is 11.6 Å². The van der Waals surface area contributed by atoms with Gasteiger partial charge in [-0.1, -0.05) is 11.6 Å². The van der Waals surface area contributed by atoms with Crippen LogP contribution in [0.25, 0.3) is 0 Å². The Morgan fingerprint density at radius 2 is 1.93 bits per heavy atom. The van der Waals surface area contributed by atoms with Gasteiger partial charge >= 0.3 is 18.3 Å². The first kappa shape index (κ1) is 30.9. The van der Waals surface area contributed by atoms with Crippen LogP contribution in [-0.4, -0.2) is 78.9 Å². The first-order chi connectivity index (χ1) is 21.0. The van der Waals surface area contributed by atoms with Gasteiger partial charge in [-0.25, -0.2) is 14.4 Å². The molecule has 2 aromatic carbocycles. The van der Waals surface area contributed by atoms with E-state index < -0.39 is 41.7 Å². The first-order valence-corrected chi connectivity index (χ1v) is 14.8. The van der Waals surface area contributed by atoms with Crippen LogP contribution < -0.4 is 20.9 Å². The molecule has 5 amide bonds. The van der Waals surface area contributed by atoms with Gasteiger partial charge in [-0.3, -0.25) is 19.8 Å². The Balaban J connectivity index is 1.33. The zero-order valence-electron chi connectivity index (χ0n) is 24.1. The van der Waals surface area contributed by atoms with Crippen molar-refractivity contribution in [1.29, 1.82) is 0 Å². The highest BCUT2D eigenvalue weighted by Gasteiger charge is 2.47. The van der Waals surface area contributed by atoms with Gasteiger partial charge in [0.1, 0.15) is 12.1 Å². The van der Waals surface area contributed by atoms with Gasteiger partial charge in [0.25, 0.3) is 5.91 Å². The third-order valence-corrected chi connectivity index (χ3v) is 8.43. The Morgan fingerprint density at radius 1 is 1.18 bits per heavy atom. The zero-order chi connectivity index (χ0) is 31.4. The van der Waals surface area contributed by atoms with E-state index in [1.807, 2.05) is 0 Å². The molecule has 0 unspecified atom stereocenters. The van der Waals surface area contributed by atoms with Gasteiger partial charge in [-0.2, -0.15) is 0 Å². The van der Waals surface area contributed by atoms with E-state index in [-0.39, 0.29) is 31.2 Å². The number of benzene rings is 2. The summed E-state index contributed by atoms with van der Waals surface area (Å²) in [5.74, 6) is -0.964. The summed E-state index contributed by atoms with van der Waals surface area (Å²) in [6.45, 7) is 0.467. The lowest BCUT2D eigenvalue weighted by molar-refractivity contribution is -0.141. The van der Waals surface area contributed by atoms with Crippen molar-refractivity contribution in [2.45, 2.75) is 56.3 Å². The number of likely N-dealkylation sites (tertiary alicyclic amines) is 1. The number of carbonyl (C=O) groups excluding carboxylic acids is 4. The van der Waals surface area contributed by atoms with E-state index in [1.54, 1.807) is 23.1 Å². The van der Waals surface area contributed by atoms with Gasteiger partial charge in [-0.15, -0.1) is 0 Å². The minimum atomic E-state index is -1.15. The highest BCUT2D eigenvalue weighted by atomic mass is 35.5. The highest BCUT2D eigenvalue weighted by Crippen LogP contribution is 2.43. The number of halogens is 1. The molecule has 2 fully saturated rings. The van der Waals surface area contributed by atoms with E-state index >= 15 is 0 Å². The van der Waals surface area contributed by atoms with Crippen LogP contribution in [0.5, 0.6) is 0 Å². The lowest BCUT2D eigenvalue weighted by Gasteiger charge is -2.45. The molecule has 0 radical (unpaired) electrons. The number of nitrogens with zero attached hydrogens (tertiary/aromatic N) is 2. The first-order valence-electron chi connectivity index (χ1n) is 14.5. The number of ether oxygens (including phenoxy) is 2. The van der Waals surface area contributed by atoms with Crippen molar-refractivity contribution in [2.75, 3.05) is 36.9 Å². The maximum atomic E-state index is 14.0. The van der Waals surface area contributed by atoms with Crippen LogP contribution in [0, 0.1) is 0 Å². The van der Waals surface area contributed by atoms with Crippen molar-refractivity contribution >= 4 is 53.1 Å². The second kappa shape index (κ2) is 13.0. The summed E-state index contributed by atoms with van der Waals surface area (Å²) < 4.78 is 11.1. The fourth-order valence-corrected chi connectivity index (χ4v) is 5.72. The molecular weight excluding hydrogens is 594 g/mol. The van der Waals surface area contributed by atoms with E-state index in [1.165, 1.54) is 31.3 Å². The molecule has 0 bridgehead atoms. The summed E-state index contributed by atoms with van der Waals surface area (Å²) in [7, 11) is 1.38. The van der Waals surface area contributed by atoms with Gasteiger partial charge in [0.2, 0.25) is 5.91 Å². The summed E-state index contributed by atoms with van der Waals surface area (Å²) in [5.41, 5.74) is 0.674. The van der Waals surface area contributed by atoms with Gasteiger partial charge in [0, 0.05) is 42.0 Å². The predicted molar refractivity (Wildman–Crippen MR) is 160 cm³/mol. The number of piperidine rings is 1. The molecule has 5 rings (SSSR count). The van der Waals surface area contributed by atoms with E-state index in [9.17, 15) is 29.1 Å². The van der Waals surface area contributed by atoms with Gasteiger partial charge < -0.3 is 30.1 Å². The molecule has 1 saturated carbocycles. The molecule has 1 saturated heterocycles. The number of carbonyl (C=O) groups is 5. The number of rotatable bonds is 8. The summed E-state index contributed by atoms with van der Waals surface area (Å²) in [4.78, 5) is 65.8. The number of hydrogen-bond acceptors (Lipinski definition) is 7. The van der Waals surface area contributed by atoms with Crippen molar-refractivity contribution in [3.05, 3.63) is 58.6 Å². The molecule has 234 valence electrons. The Kier molecular flexibility index (Phi) is 9.14. The lowest BCUT2D eigenvalue weighted by Crippen LogP contribution is -2.57. The Labute approximate surface area is 258 Å². The largest absolute Gasteiger partial charge is 0.465 e. The minimum absolute atomic E-state index is 0.0480.